The SMILES string of the molecule is Cc1cccn2ncc(C(=O)N[C@@H]3C[C@@H]4CC[C@H]3O4)c12. The first-order valence-electron chi connectivity index (χ1n) is 7.11. The zero-order chi connectivity index (χ0) is 13.7. The number of carbonyl (C=O) groups is 1. The molecule has 20 heavy (non-hydrogen) atoms. The third-order valence-electron chi connectivity index (χ3n) is 4.41. The van der Waals surface area contributed by atoms with Gasteiger partial charge in [-0.05, 0) is 37.8 Å². The van der Waals surface area contributed by atoms with Gasteiger partial charge in [0.1, 0.15) is 0 Å². The molecule has 104 valence electrons. The second kappa shape index (κ2) is 4.31. The molecule has 3 atom stereocenters. The highest BCUT2D eigenvalue weighted by molar-refractivity contribution is 6.01. The van der Waals surface area contributed by atoms with E-state index in [2.05, 4.69) is 10.4 Å². The number of nitrogens with zero attached hydrogens (tertiary/aromatic N) is 2. The Balaban J connectivity index is 1.61. The van der Waals surface area contributed by atoms with Gasteiger partial charge in [0.15, 0.2) is 0 Å². The number of hydrogen-bond acceptors (Lipinski definition) is 3. The van der Waals surface area contributed by atoms with Gasteiger partial charge in [-0.15, -0.1) is 0 Å². The van der Waals surface area contributed by atoms with Crippen molar-refractivity contribution in [1.82, 2.24) is 14.9 Å². The van der Waals surface area contributed by atoms with E-state index < -0.39 is 0 Å². The minimum atomic E-state index is -0.0459. The molecule has 0 aromatic carbocycles. The zero-order valence-corrected chi connectivity index (χ0v) is 11.4. The lowest BCUT2D eigenvalue weighted by Gasteiger charge is -2.19. The molecule has 2 fully saturated rings. The van der Waals surface area contributed by atoms with E-state index in [-0.39, 0.29) is 18.1 Å². The lowest BCUT2D eigenvalue weighted by molar-refractivity contribution is 0.0842. The number of nitrogens with one attached hydrogen (secondary N) is 1. The Morgan fingerprint density at radius 3 is 3.15 bits per heavy atom. The summed E-state index contributed by atoms with van der Waals surface area (Å²) in [7, 11) is 0. The molecule has 0 spiro atoms. The normalized spacial score (nSPS) is 28.1. The predicted octanol–water partition coefficient (Wildman–Crippen LogP) is 1.69. The predicted molar refractivity (Wildman–Crippen MR) is 73.7 cm³/mol. The van der Waals surface area contributed by atoms with Gasteiger partial charge in [-0.25, -0.2) is 4.52 Å². The molecule has 2 aromatic rings. The third kappa shape index (κ3) is 1.73. The lowest BCUT2D eigenvalue weighted by Crippen LogP contribution is -2.41. The summed E-state index contributed by atoms with van der Waals surface area (Å²) in [4.78, 5) is 12.5. The minimum absolute atomic E-state index is 0.0459. The summed E-state index contributed by atoms with van der Waals surface area (Å²) in [6.45, 7) is 1.99. The molecule has 1 amide bonds. The first-order chi connectivity index (χ1) is 9.72. The molecule has 5 nitrogen and oxygen atoms in total. The molecular weight excluding hydrogens is 254 g/mol. The minimum Gasteiger partial charge on any atom is -0.373 e. The summed E-state index contributed by atoms with van der Waals surface area (Å²) in [5.74, 6) is -0.0459. The van der Waals surface area contributed by atoms with Crippen LogP contribution in [-0.2, 0) is 4.74 Å². The van der Waals surface area contributed by atoms with Gasteiger partial charge in [-0.3, -0.25) is 4.79 Å². The quantitative estimate of drug-likeness (QED) is 0.904. The van der Waals surface area contributed by atoms with Crippen molar-refractivity contribution in [3.63, 3.8) is 0 Å². The number of hydrogen-bond donors (Lipinski definition) is 1. The van der Waals surface area contributed by atoms with Crippen LogP contribution in [0.2, 0.25) is 0 Å². The molecule has 4 rings (SSSR count). The Bertz CT molecular complexity index is 679. The van der Waals surface area contributed by atoms with E-state index in [4.69, 9.17) is 4.74 Å². The standard InChI is InChI=1S/C15H17N3O2/c1-9-3-2-6-18-14(9)11(8-16-18)15(19)17-12-7-10-4-5-13(12)20-10/h2-3,6,8,10,12-13H,4-5,7H2,1H3,(H,17,19)/t10-,12+,13+/m0/s1. The molecule has 2 aromatic heterocycles. The summed E-state index contributed by atoms with van der Waals surface area (Å²) in [6.07, 6.45) is 7.18. The Morgan fingerprint density at radius 2 is 2.40 bits per heavy atom. The van der Waals surface area contributed by atoms with Gasteiger partial charge in [0.25, 0.3) is 5.91 Å². The van der Waals surface area contributed by atoms with E-state index >= 15 is 0 Å². The van der Waals surface area contributed by atoms with Gasteiger partial charge in [0.05, 0.1) is 35.5 Å². The van der Waals surface area contributed by atoms with Crippen LogP contribution in [0.1, 0.15) is 35.2 Å². The highest BCUT2D eigenvalue weighted by Crippen LogP contribution is 2.34. The van der Waals surface area contributed by atoms with E-state index in [1.807, 2.05) is 25.3 Å². The second-order valence-electron chi connectivity index (χ2n) is 5.73. The van der Waals surface area contributed by atoms with Crippen molar-refractivity contribution in [2.24, 2.45) is 0 Å². The molecule has 1 N–H and O–H groups in total. The highest BCUT2D eigenvalue weighted by atomic mass is 16.5. The van der Waals surface area contributed by atoms with Gasteiger partial charge < -0.3 is 10.1 Å². The van der Waals surface area contributed by atoms with Crippen LogP contribution in [-0.4, -0.2) is 33.8 Å². The van der Waals surface area contributed by atoms with Crippen molar-refractivity contribution in [2.75, 3.05) is 0 Å². The van der Waals surface area contributed by atoms with Gasteiger partial charge in [0.2, 0.25) is 0 Å². The van der Waals surface area contributed by atoms with Gasteiger partial charge in [-0.2, -0.15) is 5.10 Å². The van der Waals surface area contributed by atoms with Crippen LogP contribution in [0, 0.1) is 6.92 Å². The van der Waals surface area contributed by atoms with Crippen LogP contribution in [0.15, 0.2) is 24.5 Å². The number of aromatic nitrogens is 2. The van der Waals surface area contributed by atoms with Crippen molar-refractivity contribution in [2.45, 2.75) is 44.4 Å². The van der Waals surface area contributed by atoms with E-state index in [1.54, 1.807) is 10.7 Å². The van der Waals surface area contributed by atoms with Crippen LogP contribution < -0.4 is 5.32 Å². The van der Waals surface area contributed by atoms with Crippen LogP contribution in [0.3, 0.4) is 0 Å². The molecule has 5 heteroatoms. The fourth-order valence-electron chi connectivity index (χ4n) is 3.42. The third-order valence-corrected chi connectivity index (χ3v) is 4.41. The van der Waals surface area contributed by atoms with E-state index in [0.29, 0.717) is 11.7 Å². The summed E-state index contributed by atoms with van der Waals surface area (Å²) < 4.78 is 7.53. The fraction of sp³-hybridized carbons (Fsp3) is 0.467. The average molecular weight is 271 g/mol. The molecule has 2 bridgehead atoms. The summed E-state index contributed by atoms with van der Waals surface area (Å²) in [5, 5.41) is 7.36. The molecule has 2 aliphatic rings. The molecule has 4 heterocycles. The smallest absolute Gasteiger partial charge is 0.255 e. The topological polar surface area (TPSA) is 55.6 Å². The van der Waals surface area contributed by atoms with Crippen LogP contribution in [0.5, 0.6) is 0 Å². The molecule has 0 aliphatic carbocycles. The summed E-state index contributed by atoms with van der Waals surface area (Å²) in [6, 6.07) is 4.08. The highest BCUT2D eigenvalue weighted by Gasteiger charge is 2.41. The summed E-state index contributed by atoms with van der Waals surface area (Å²) >= 11 is 0. The zero-order valence-electron chi connectivity index (χ0n) is 11.4. The molecule has 0 unspecified atom stereocenters. The van der Waals surface area contributed by atoms with Crippen molar-refractivity contribution in [3.8, 4) is 0 Å². The average Bonchev–Trinajstić information content (AvgIpc) is 3.12. The molecule has 2 aliphatic heterocycles. The lowest BCUT2D eigenvalue weighted by atomic mass is 9.95. The van der Waals surface area contributed by atoms with Gasteiger partial charge >= 0.3 is 0 Å². The second-order valence-corrected chi connectivity index (χ2v) is 5.73. The molecule has 2 saturated heterocycles. The number of fused-ring (bicyclic) bond motifs is 3. The Hall–Kier alpha value is -1.88. The number of ether oxygens (including phenoxy) is 1. The largest absolute Gasteiger partial charge is 0.373 e. The Labute approximate surface area is 116 Å². The van der Waals surface area contributed by atoms with Gasteiger partial charge in [-0.1, -0.05) is 6.07 Å². The van der Waals surface area contributed by atoms with Crippen LogP contribution in [0.4, 0.5) is 0 Å². The number of pyridine rings is 1. The van der Waals surface area contributed by atoms with Crippen molar-refractivity contribution >= 4 is 11.4 Å². The van der Waals surface area contributed by atoms with Crippen molar-refractivity contribution < 1.29 is 9.53 Å². The Morgan fingerprint density at radius 1 is 1.50 bits per heavy atom. The monoisotopic (exact) mass is 271 g/mol. The van der Waals surface area contributed by atoms with Crippen molar-refractivity contribution in [3.05, 3.63) is 35.7 Å². The van der Waals surface area contributed by atoms with E-state index in [9.17, 15) is 4.79 Å². The molecule has 0 radical (unpaired) electrons. The number of carbonyl (C=O) groups excluding carboxylic acids is 1. The van der Waals surface area contributed by atoms with Crippen molar-refractivity contribution in [1.29, 1.82) is 0 Å². The molecular formula is C15H17N3O2. The maximum absolute atomic E-state index is 12.5. The number of amides is 1. The first-order valence-corrected chi connectivity index (χ1v) is 7.11. The van der Waals surface area contributed by atoms with Crippen LogP contribution >= 0.6 is 0 Å². The summed E-state index contributed by atoms with van der Waals surface area (Å²) in [5.41, 5.74) is 2.58. The number of rotatable bonds is 2. The van der Waals surface area contributed by atoms with Gasteiger partial charge in [0, 0.05) is 6.20 Å². The first kappa shape index (κ1) is 11.9. The fourth-order valence-corrected chi connectivity index (χ4v) is 3.42. The Kier molecular flexibility index (Phi) is 2.57. The van der Waals surface area contributed by atoms with E-state index in [1.165, 1.54) is 0 Å². The maximum Gasteiger partial charge on any atom is 0.255 e. The van der Waals surface area contributed by atoms with Crippen LogP contribution in [0.25, 0.3) is 5.52 Å². The maximum atomic E-state index is 12.5. The molecule has 0 saturated carbocycles. The van der Waals surface area contributed by atoms with E-state index in [0.717, 1.165) is 30.3 Å². The number of aryl methyl sites for hydroxylation is 1.